The second-order valence-corrected chi connectivity index (χ2v) is 6.18. The van der Waals surface area contributed by atoms with Gasteiger partial charge in [0.15, 0.2) is 5.75 Å². The number of nitrogens with one attached hydrogen (secondary N) is 1. The van der Waals surface area contributed by atoms with Gasteiger partial charge in [-0.3, -0.25) is 0 Å². The molecule has 0 aromatic carbocycles. The second-order valence-electron chi connectivity index (χ2n) is 5.38. The third kappa shape index (κ3) is 5.82. The number of nitrogens with zero attached hydrogens (tertiary/aromatic N) is 1. The first-order valence-electron chi connectivity index (χ1n) is 6.68. The number of aromatic nitrogens is 1. The van der Waals surface area contributed by atoms with Crippen molar-refractivity contribution in [1.82, 2.24) is 10.3 Å². The number of carbonyl (C=O) groups is 1. The molecule has 0 saturated heterocycles. The lowest BCUT2D eigenvalue weighted by Gasteiger charge is -2.19. The average Bonchev–Trinajstić information content (AvgIpc) is 2.40. The van der Waals surface area contributed by atoms with Gasteiger partial charge in [-0.1, -0.05) is 11.8 Å². The molecule has 0 radical (unpaired) electrons. The smallest absolute Gasteiger partial charge is 0.407 e. The number of halogens is 1. The number of nitrogens with two attached hydrogens (primary N) is 1. The monoisotopic (exact) mass is 369 g/mol. The molecular weight excluding hydrogens is 350 g/mol. The maximum atomic E-state index is 11.4. The molecule has 3 N–H and O–H groups in total. The summed E-state index contributed by atoms with van der Waals surface area (Å²) in [5.74, 6) is 6.76. The van der Waals surface area contributed by atoms with Gasteiger partial charge in [0.05, 0.1) is 12.7 Å². The van der Waals surface area contributed by atoms with Crippen molar-refractivity contribution < 1.29 is 14.3 Å². The summed E-state index contributed by atoms with van der Waals surface area (Å²) >= 11 is 3.31. The molecule has 0 unspecified atom stereocenters. The van der Waals surface area contributed by atoms with Crippen molar-refractivity contribution in [1.29, 1.82) is 0 Å². The minimum Gasteiger partial charge on any atom is -0.494 e. The number of carbonyl (C=O) groups excluding carboxylic acids is 1. The van der Waals surface area contributed by atoms with Crippen LogP contribution in [0, 0.1) is 11.8 Å². The molecule has 0 spiro atoms. The first kappa shape index (κ1) is 18.1. The molecule has 0 aliphatic heterocycles. The number of ether oxygens (including phenoxy) is 2. The van der Waals surface area contributed by atoms with E-state index in [0.29, 0.717) is 34.6 Å². The van der Waals surface area contributed by atoms with Crippen LogP contribution in [0.1, 0.15) is 32.8 Å². The summed E-state index contributed by atoms with van der Waals surface area (Å²) < 4.78 is 10.9. The van der Waals surface area contributed by atoms with Crippen LogP contribution in [0.4, 0.5) is 10.6 Å². The summed E-state index contributed by atoms with van der Waals surface area (Å²) in [6, 6.07) is 0. The van der Waals surface area contributed by atoms with Crippen molar-refractivity contribution in [2.45, 2.75) is 32.8 Å². The van der Waals surface area contributed by atoms with Gasteiger partial charge in [-0.25, -0.2) is 9.78 Å². The van der Waals surface area contributed by atoms with Crippen LogP contribution in [-0.4, -0.2) is 30.3 Å². The number of nitrogen functional groups attached to an aromatic ring is 1. The number of alkyl carbamates (subject to hydrolysis) is 1. The van der Waals surface area contributed by atoms with Crippen LogP contribution >= 0.6 is 15.9 Å². The normalized spacial score (nSPS) is 10.4. The van der Waals surface area contributed by atoms with E-state index in [9.17, 15) is 4.79 Å². The molecule has 7 heteroatoms. The van der Waals surface area contributed by atoms with Gasteiger partial charge in [0.1, 0.15) is 15.9 Å². The highest BCUT2D eigenvalue weighted by atomic mass is 79.9. The Morgan fingerprint density at radius 3 is 2.77 bits per heavy atom. The molecule has 1 aromatic rings. The Kier molecular flexibility index (Phi) is 6.50. The zero-order chi connectivity index (χ0) is 16.8. The molecule has 0 atom stereocenters. The van der Waals surface area contributed by atoms with Gasteiger partial charge in [-0.2, -0.15) is 0 Å². The Morgan fingerprint density at radius 2 is 2.18 bits per heavy atom. The van der Waals surface area contributed by atoms with Crippen LogP contribution in [0.2, 0.25) is 0 Å². The minimum atomic E-state index is -0.509. The van der Waals surface area contributed by atoms with Crippen molar-refractivity contribution in [3.63, 3.8) is 0 Å². The quantitative estimate of drug-likeness (QED) is 0.631. The Bertz CT molecular complexity index is 601. The standard InChI is InChI=1S/C15H20BrN3O3/c1-15(2,3)22-14(20)18-8-6-5-7-10-9-19-13(17)11(16)12(10)21-4/h9H,6,8H2,1-4H3,(H2,17,19)(H,18,20). The Hall–Kier alpha value is -1.94. The Labute approximate surface area is 138 Å². The summed E-state index contributed by atoms with van der Waals surface area (Å²) in [4.78, 5) is 15.5. The maximum Gasteiger partial charge on any atom is 0.407 e. The van der Waals surface area contributed by atoms with Crippen molar-refractivity contribution in [3.8, 4) is 17.6 Å². The van der Waals surface area contributed by atoms with E-state index in [2.05, 4.69) is 38.1 Å². The van der Waals surface area contributed by atoms with E-state index in [-0.39, 0.29) is 0 Å². The second kappa shape index (κ2) is 7.90. The molecule has 0 fully saturated rings. The first-order valence-corrected chi connectivity index (χ1v) is 7.47. The highest BCUT2D eigenvalue weighted by Gasteiger charge is 2.15. The van der Waals surface area contributed by atoms with E-state index in [1.54, 1.807) is 6.20 Å². The molecular formula is C15H20BrN3O3. The molecule has 0 aliphatic rings. The molecule has 1 amide bonds. The molecule has 1 rings (SSSR count). The lowest BCUT2D eigenvalue weighted by atomic mass is 10.2. The minimum absolute atomic E-state index is 0.342. The summed E-state index contributed by atoms with van der Waals surface area (Å²) in [6.07, 6.45) is 1.57. The lowest BCUT2D eigenvalue weighted by molar-refractivity contribution is 0.0529. The van der Waals surface area contributed by atoms with Crippen LogP contribution < -0.4 is 15.8 Å². The number of hydrogen-bond donors (Lipinski definition) is 2. The van der Waals surface area contributed by atoms with E-state index < -0.39 is 11.7 Å². The van der Waals surface area contributed by atoms with Gasteiger partial charge >= 0.3 is 6.09 Å². The zero-order valence-electron chi connectivity index (χ0n) is 13.1. The van der Waals surface area contributed by atoms with Gasteiger partial charge in [-0.05, 0) is 36.7 Å². The highest BCUT2D eigenvalue weighted by Crippen LogP contribution is 2.31. The SMILES string of the molecule is COc1c(C#CCCNC(=O)OC(C)(C)C)cnc(N)c1Br. The highest BCUT2D eigenvalue weighted by molar-refractivity contribution is 9.10. The Morgan fingerprint density at radius 1 is 1.50 bits per heavy atom. The van der Waals surface area contributed by atoms with Crippen LogP contribution in [0.3, 0.4) is 0 Å². The number of hydrogen-bond acceptors (Lipinski definition) is 5. The Balaban J connectivity index is 2.56. The summed E-state index contributed by atoms with van der Waals surface area (Å²) in [5.41, 5.74) is 5.79. The molecule has 1 aromatic heterocycles. The van der Waals surface area contributed by atoms with Crippen molar-refractivity contribution >= 4 is 27.8 Å². The fraction of sp³-hybridized carbons (Fsp3) is 0.467. The van der Waals surface area contributed by atoms with Crippen LogP contribution in [0.15, 0.2) is 10.7 Å². The summed E-state index contributed by atoms with van der Waals surface area (Å²) in [5, 5.41) is 2.63. The van der Waals surface area contributed by atoms with E-state index in [1.165, 1.54) is 7.11 Å². The largest absolute Gasteiger partial charge is 0.494 e. The van der Waals surface area contributed by atoms with Crippen molar-refractivity contribution in [2.75, 3.05) is 19.4 Å². The van der Waals surface area contributed by atoms with Crippen LogP contribution in [0.5, 0.6) is 5.75 Å². The van der Waals surface area contributed by atoms with E-state index in [1.807, 2.05) is 20.8 Å². The van der Waals surface area contributed by atoms with Crippen molar-refractivity contribution in [2.24, 2.45) is 0 Å². The fourth-order valence-electron chi connectivity index (χ4n) is 1.47. The third-order valence-corrected chi connectivity index (χ3v) is 3.11. The predicted molar refractivity (Wildman–Crippen MR) is 88.6 cm³/mol. The average molecular weight is 370 g/mol. The molecule has 0 saturated carbocycles. The third-order valence-electron chi connectivity index (χ3n) is 2.35. The molecule has 1 heterocycles. The maximum absolute atomic E-state index is 11.4. The van der Waals surface area contributed by atoms with Gasteiger partial charge in [0.2, 0.25) is 0 Å². The van der Waals surface area contributed by atoms with Gasteiger partial charge in [0.25, 0.3) is 0 Å². The van der Waals surface area contributed by atoms with Crippen molar-refractivity contribution in [3.05, 3.63) is 16.2 Å². The van der Waals surface area contributed by atoms with Crippen LogP contribution in [0.25, 0.3) is 0 Å². The van der Waals surface area contributed by atoms with E-state index in [0.717, 1.165) is 0 Å². The number of amides is 1. The number of pyridine rings is 1. The van der Waals surface area contributed by atoms with Gasteiger partial charge in [0, 0.05) is 19.2 Å². The number of methoxy groups -OCH3 is 1. The van der Waals surface area contributed by atoms with Crippen LogP contribution in [-0.2, 0) is 4.74 Å². The fourth-order valence-corrected chi connectivity index (χ4v) is 1.95. The summed E-state index contributed by atoms with van der Waals surface area (Å²) in [6.45, 7) is 5.83. The van der Waals surface area contributed by atoms with Gasteiger partial charge in [-0.15, -0.1) is 0 Å². The first-order chi connectivity index (χ1) is 10.2. The number of anilines is 1. The molecule has 6 nitrogen and oxygen atoms in total. The molecule has 22 heavy (non-hydrogen) atoms. The van der Waals surface area contributed by atoms with E-state index >= 15 is 0 Å². The van der Waals surface area contributed by atoms with Gasteiger partial charge < -0.3 is 20.5 Å². The predicted octanol–water partition coefficient (Wildman–Crippen LogP) is 2.70. The van der Waals surface area contributed by atoms with E-state index in [4.69, 9.17) is 15.2 Å². The summed E-state index contributed by atoms with van der Waals surface area (Å²) in [7, 11) is 1.54. The topological polar surface area (TPSA) is 86.5 Å². The molecule has 0 aliphatic carbocycles. The molecule has 120 valence electrons. The zero-order valence-corrected chi connectivity index (χ0v) is 14.7. The number of rotatable bonds is 3. The molecule has 0 bridgehead atoms. The lowest BCUT2D eigenvalue weighted by Crippen LogP contribution is -2.32.